The first-order valence-corrected chi connectivity index (χ1v) is 12.2. The number of carbonyl (C=O) groups excluding carboxylic acids is 1. The summed E-state index contributed by atoms with van der Waals surface area (Å²) in [6.45, 7) is 2.28. The molecule has 178 valence electrons. The third-order valence-corrected chi connectivity index (χ3v) is 7.01. The lowest BCUT2D eigenvalue weighted by Gasteiger charge is -2.25. The highest BCUT2D eigenvalue weighted by Crippen LogP contribution is 2.30. The number of nitrogens with one attached hydrogen (secondary N) is 1. The number of methoxy groups -OCH3 is 1. The van der Waals surface area contributed by atoms with E-state index in [2.05, 4.69) is 4.98 Å². The molecule has 0 bridgehead atoms. The Labute approximate surface area is 199 Å². The number of sulfonamides is 1. The van der Waals surface area contributed by atoms with Crippen LogP contribution < -0.4 is 14.5 Å². The van der Waals surface area contributed by atoms with Gasteiger partial charge in [0.05, 0.1) is 17.7 Å². The Bertz CT molecular complexity index is 1240. The summed E-state index contributed by atoms with van der Waals surface area (Å²) in [5.41, 5.74) is 3.79. The summed E-state index contributed by atoms with van der Waals surface area (Å²) in [5.74, 6) is -0.146. The average molecular weight is 482 g/mol. The molecular weight excluding hydrogens is 454 g/mol. The van der Waals surface area contributed by atoms with Gasteiger partial charge in [-0.15, -0.1) is 0 Å². The summed E-state index contributed by atoms with van der Waals surface area (Å²) in [5, 5.41) is 9.03. The van der Waals surface area contributed by atoms with Gasteiger partial charge in [0, 0.05) is 30.6 Å². The largest absolute Gasteiger partial charge is 0.497 e. The number of carbonyl (C=O) groups is 1. The number of nitrogens with zero attached hydrogens (tertiary/aromatic N) is 2. The molecule has 3 aromatic rings. The SMILES string of the molecule is CCCCN(c1cccc(C(=CC(=O)NO)c2cccnc2)c1)S(=O)(=O)c1ccc(OC)cc1. The molecule has 0 radical (unpaired) electrons. The Morgan fingerprint density at radius 3 is 2.47 bits per heavy atom. The van der Waals surface area contributed by atoms with Gasteiger partial charge in [0.15, 0.2) is 0 Å². The molecule has 0 aliphatic carbocycles. The van der Waals surface area contributed by atoms with Crippen LogP contribution in [0.4, 0.5) is 5.69 Å². The van der Waals surface area contributed by atoms with Gasteiger partial charge in [-0.05, 0) is 60.0 Å². The molecule has 0 spiro atoms. The van der Waals surface area contributed by atoms with E-state index in [4.69, 9.17) is 9.94 Å². The van der Waals surface area contributed by atoms with E-state index < -0.39 is 15.9 Å². The molecule has 0 aliphatic heterocycles. The van der Waals surface area contributed by atoms with Crippen LogP contribution in [0.1, 0.15) is 30.9 Å². The van der Waals surface area contributed by atoms with Crippen molar-refractivity contribution in [3.63, 3.8) is 0 Å². The normalized spacial score (nSPS) is 11.7. The van der Waals surface area contributed by atoms with E-state index >= 15 is 0 Å². The number of ether oxygens (including phenoxy) is 1. The van der Waals surface area contributed by atoms with E-state index in [9.17, 15) is 13.2 Å². The zero-order valence-electron chi connectivity index (χ0n) is 19.0. The van der Waals surface area contributed by atoms with Gasteiger partial charge in [-0.2, -0.15) is 0 Å². The first-order valence-electron chi connectivity index (χ1n) is 10.7. The molecule has 9 heteroatoms. The van der Waals surface area contributed by atoms with Gasteiger partial charge < -0.3 is 4.74 Å². The first-order chi connectivity index (χ1) is 16.4. The summed E-state index contributed by atoms with van der Waals surface area (Å²) >= 11 is 0. The summed E-state index contributed by atoms with van der Waals surface area (Å²) in [4.78, 5) is 16.2. The molecule has 0 unspecified atom stereocenters. The number of hydroxylamine groups is 1. The van der Waals surface area contributed by atoms with Crippen molar-refractivity contribution >= 4 is 27.2 Å². The lowest BCUT2D eigenvalue weighted by atomic mass is 9.98. The third-order valence-electron chi connectivity index (χ3n) is 5.17. The predicted molar refractivity (Wildman–Crippen MR) is 130 cm³/mol. The lowest BCUT2D eigenvalue weighted by molar-refractivity contribution is -0.124. The van der Waals surface area contributed by atoms with Crippen LogP contribution >= 0.6 is 0 Å². The quantitative estimate of drug-likeness (QED) is 0.257. The number of hydrogen-bond donors (Lipinski definition) is 2. The molecule has 1 aromatic heterocycles. The van der Waals surface area contributed by atoms with Crippen molar-refractivity contribution in [2.24, 2.45) is 0 Å². The monoisotopic (exact) mass is 481 g/mol. The van der Waals surface area contributed by atoms with E-state index in [0.29, 0.717) is 34.6 Å². The Hall–Kier alpha value is -3.69. The topological polar surface area (TPSA) is 109 Å². The molecule has 2 N–H and O–H groups in total. The number of benzene rings is 2. The number of rotatable bonds is 10. The van der Waals surface area contributed by atoms with Gasteiger partial charge in [0.2, 0.25) is 0 Å². The molecule has 3 rings (SSSR count). The van der Waals surface area contributed by atoms with Crippen LogP contribution in [-0.2, 0) is 14.8 Å². The van der Waals surface area contributed by atoms with Crippen molar-refractivity contribution in [1.29, 1.82) is 0 Å². The Balaban J connectivity index is 2.10. The molecule has 8 nitrogen and oxygen atoms in total. The smallest absolute Gasteiger partial charge is 0.267 e. The molecule has 0 aliphatic rings. The number of amides is 1. The van der Waals surface area contributed by atoms with Crippen LogP contribution in [0.2, 0.25) is 0 Å². The maximum Gasteiger partial charge on any atom is 0.267 e. The first kappa shape index (κ1) is 24.9. The number of unbranched alkanes of at least 4 members (excludes halogenated alkanes) is 1. The highest BCUT2D eigenvalue weighted by Gasteiger charge is 2.25. The summed E-state index contributed by atoms with van der Waals surface area (Å²) < 4.78 is 33.7. The molecule has 0 saturated heterocycles. The van der Waals surface area contributed by atoms with Crippen molar-refractivity contribution in [2.75, 3.05) is 18.0 Å². The lowest BCUT2D eigenvalue weighted by Crippen LogP contribution is -2.32. The fraction of sp³-hybridized carbons (Fsp3) is 0.200. The Morgan fingerprint density at radius 2 is 1.85 bits per heavy atom. The third kappa shape index (κ3) is 5.81. The van der Waals surface area contributed by atoms with Crippen molar-refractivity contribution in [2.45, 2.75) is 24.7 Å². The zero-order valence-corrected chi connectivity index (χ0v) is 19.8. The van der Waals surface area contributed by atoms with Gasteiger partial charge >= 0.3 is 0 Å². The highest BCUT2D eigenvalue weighted by molar-refractivity contribution is 7.92. The fourth-order valence-electron chi connectivity index (χ4n) is 3.41. The zero-order chi connectivity index (χ0) is 24.6. The number of aromatic nitrogens is 1. The predicted octanol–water partition coefficient (Wildman–Crippen LogP) is 4.02. The van der Waals surface area contributed by atoms with E-state index in [0.717, 1.165) is 6.42 Å². The minimum absolute atomic E-state index is 0.150. The molecule has 2 aromatic carbocycles. The van der Waals surface area contributed by atoms with Crippen LogP contribution in [0.5, 0.6) is 5.75 Å². The van der Waals surface area contributed by atoms with Crippen molar-refractivity contribution in [1.82, 2.24) is 10.5 Å². The maximum atomic E-state index is 13.6. The van der Waals surface area contributed by atoms with Gasteiger partial charge in [-0.3, -0.25) is 19.3 Å². The Morgan fingerprint density at radius 1 is 1.12 bits per heavy atom. The van der Waals surface area contributed by atoms with Gasteiger partial charge in [0.1, 0.15) is 5.75 Å². The molecular formula is C25H27N3O5S. The highest BCUT2D eigenvalue weighted by atomic mass is 32.2. The number of pyridine rings is 1. The maximum absolute atomic E-state index is 13.6. The molecule has 0 atom stereocenters. The summed E-state index contributed by atoms with van der Waals surface area (Å²) in [6.07, 6.45) is 5.91. The molecule has 34 heavy (non-hydrogen) atoms. The molecule has 1 amide bonds. The standard InChI is InChI=1S/C25H27N3O5S/c1-3-4-15-28(34(31,32)23-12-10-22(33-2)11-13-23)21-9-5-7-19(16-21)24(17-25(29)27-30)20-8-6-14-26-18-20/h5-14,16-18,30H,3-4,15H2,1-2H3,(H,27,29). The van der Waals surface area contributed by atoms with Crippen LogP contribution in [-0.4, -0.2) is 38.2 Å². The Kier molecular flexibility index (Phi) is 8.39. The van der Waals surface area contributed by atoms with Crippen LogP contribution in [0, 0.1) is 0 Å². The van der Waals surface area contributed by atoms with Crippen molar-refractivity contribution in [3.8, 4) is 5.75 Å². The second-order valence-corrected chi connectivity index (χ2v) is 9.29. The second-order valence-electron chi connectivity index (χ2n) is 7.43. The minimum Gasteiger partial charge on any atom is -0.497 e. The summed E-state index contributed by atoms with van der Waals surface area (Å²) in [7, 11) is -2.34. The van der Waals surface area contributed by atoms with E-state index in [1.54, 1.807) is 66.4 Å². The molecule has 0 fully saturated rings. The van der Waals surface area contributed by atoms with Gasteiger partial charge in [0.25, 0.3) is 15.9 Å². The van der Waals surface area contributed by atoms with Crippen LogP contribution in [0.15, 0.2) is 84.0 Å². The van der Waals surface area contributed by atoms with Crippen LogP contribution in [0.3, 0.4) is 0 Å². The van der Waals surface area contributed by atoms with E-state index in [1.165, 1.54) is 29.6 Å². The average Bonchev–Trinajstić information content (AvgIpc) is 2.88. The number of anilines is 1. The minimum atomic E-state index is -3.86. The van der Waals surface area contributed by atoms with Gasteiger partial charge in [-0.1, -0.05) is 31.5 Å². The fourth-order valence-corrected chi connectivity index (χ4v) is 4.91. The molecule has 0 saturated carbocycles. The van der Waals surface area contributed by atoms with E-state index in [1.807, 2.05) is 6.92 Å². The van der Waals surface area contributed by atoms with Crippen molar-refractivity contribution < 1.29 is 23.2 Å². The van der Waals surface area contributed by atoms with Crippen LogP contribution in [0.25, 0.3) is 5.57 Å². The van der Waals surface area contributed by atoms with E-state index in [-0.39, 0.29) is 11.4 Å². The number of hydrogen-bond acceptors (Lipinski definition) is 6. The molecule has 1 heterocycles. The summed E-state index contributed by atoms with van der Waals surface area (Å²) in [6, 6.07) is 16.7. The second kappa shape index (κ2) is 11.4. The van der Waals surface area contributed by atoms with Gasteiger partial charge in [-0.25, -0.2) is 13.9 Å². The van der Waals surface area contributed by atoms with Crippen molar-refractivity contribution in [3.05, 3.63) is 90.3 Å².